The molecule has 31 heavy (non-hydrogen) atoms. The van der Waals surface area contributed by atoms with E-state index >= 15 is 0 Å². The molecule has 1 unspecified atom stereocenters. The van der Waals surface area contributed by atoms with Gasteiger partial charge in [-0.1, -0.05) is 12.1 Å². The van der Waals surface area contributed by atoms with Crippen LogP contribution in [0.5, 0.6) is 0 Å². The number of benzene rings is 1. The van der Waals surface area contributed by atoms with Gasteiger partial charge in [0, 0.05) is 13.5 Å². The molecule has 5 rings (SSSR count). The van der Waals surface area contributed by atoms with Crippen molar-refractivity contribution in [1.82, 2.24) is 24.1 Å². The molecule has 0 saturated carbocycles. The van der Waals surface area contributed by atoms with Crippen LogP contribution in [0.1, 0.15) is 23.4 Å². The summed E-state index contributed by atoms with van der Waals surface area (Å²) in [5.74, 6) is 1.35. The Morgan fingerprint density at radius 3 is 2.84 bits per heavy atom. The molecule has 0 N–H and O–H groups in total. The maximum Gasteiger partial charge on any atom is 0.197 e. The lowest BCUT2D eigenvalue weighted by molar-refractivity contribution is 0.552. The van der Waals surface area contributed by atoms with Crippen LogP contribution in [0.3, 0.4) is 0 Å². The molecule has 0 aliphatic carbocycles. The monoisotopic (exact) mass is 452 g/mol. The van der Waals surface area contributed by atoms with Gasteiger partial charge in [0.25, 0.3) is 0 Å². The van der Waals surface area contributed by atoms with E-state index in [0.717, 1.165) is 27.4 Å². The van der Waals surface area contributed by atoms with Crippen molar-refractivity contribution in [3.05, 3.63) is 47.3 Å². The zero-order valence-corrected chi connectivity index (χ0v) is 18.7. The molecule has 10 heteroatoms. The summed E-state index contributed by atoms with van der Waals surface area (Å²) in [6.45, 7) is 1.91. The third-order valence-corrected chi connectivity index (χ3v) is 8.65. The number of rotatable bonds is 4. The molecule has 0 amide bonds. The van der Waals surface area contributed by atoms with Crippen LogP contribution in [0.25, 0.3) is 16.7 Å². The number of aryl methyl sites for hydroxylation is 1. The van der Waals surface area contributed by atoms with Crippen LogP contribution in [0.15, 0.2) is 40.5 Å². The lowest BCUT2D eigenvalue weighted by Gasteiger charge is -2.10. The number of aromatic nitrogens is 5. The van der Waals surface area contributed by atoms with E-state index in [1.165, 1.54) is 11.8 Å². The van der Waals surface area contributed by atoms with Crippen molar-refractivity contribution < 1.29 is 8.42 Å². The number of hydrogen-bond donors (Lipinski definition) is 0. The topological polar surface area (TPSA) is 106 Å². The average Bonchev–Trinajstić information content (AvgIpc) is 3.38. The summed E-state index contributed by atoms with van der Waals surface area (Å²) < 4.78 is 27.5. The Bertz CT molecular complexity index is 1480. The maximum atomic E-state index is 11.8. The van der Waals surface area contributed by atoms with Crippen LogP contribution < -0.4 is 0 Å². The van der Waals surface area contributed by atoms with Gasteiger partial charge < -0.3 is 4.57 Å². The van der Waals surface area contributed by atoms with Crippen LogP contribution in [-0.2, 0) is 23.3 Å². The molecule has 1 aliphatic rings. The van der Waals surface area contributed by atoms with Gasteiger partial charge in [-0.3, -0.25) is 4.40 Å². The highest BCUT2D eigenvalue weighted by Gasteiger charge is 2.29. The van der Waals surface area contributed by atoms with Crippen LogP contribution in [0.2, 0.25) is 0 Å². The molecule has 1 aromatic carbocycles. The van der Waals surface area contributed by atoms with Crippen LogP contribution in [0.4, 0.5) is 0 Å². The zero-order chi connectivity index (χ0) is 21.8. The van der Waals surface area contributed by atoms with Crippen molar-refractivity contribution in [1.29, 1.82) is 5.26 Å². The molecule has 0 radical (unpaired) electrons. The van der Waals surface area contributed by atoms with Crippen molar-refractivity contribution in [2.24, 2.45) is 13.0 Å². The minimum atomic E-state index is -2.92. The second-order valence-corrected chi connectivity index (χ2v) is 11.2. The number of sulfone groups is 1. The molecule has 3 aromatic heterocycles. The molecule has 0 bridgehead atoms. The first-order valence-electron chi connectivity index (χ1n) is 9.94. The van der Waals surface area contributed by atoms with Crippen LogP contribution in [0, 0.1) is 24.2 Å². The van der Waals surface area contributed by atoms with Crippen molar-refractivity contribution in [3.63, 3.8) is 0 Å². The summed E-state index contributed by atoms with van der Waals surface area (Å²) in [6, 6.07) is 12.1. The molecule has 1 atom stereocenters. The number of nitrogens with zero attached hydrogens (tertiary/aromatic N) is 6. The Morgan fingerprint density at radius 2 is 2.10 bits per heavy atom. The second kappa shape index (κ2) is 7.35. The first-order chi connectivity index (χ1) is 14.9. The van der Waals surface area contributed by atoms with Gasteiger partial charge in [-0.2, -0.15) is 5.26 Å². The third kappa shape index (κ3) is 3.47. The third-order valence-electron chi connectivity index (χ3n) is 5.77. The van der Waals surface area contributed by atoms with Crippen molar-refractivity contribution in [3.8, 4) is 6.07 Å². The van der Waals surface area contributed by atoms with Gasteiger partial charge in [0.1, 0.15) is 11.9 Å². The molecular formula is C21H20N6O2S2. The van der Waals surface area contributed by atoms with Crippen LogP contribution >= 0.6 is 11.8 Å². The molecular weight excluding hydrogens is 432 g/mol. The number of fused-ring (bicyclic) bond motifs is 3. The van der Waals surface area contributed by atoms with Crippen molar-refractivity contribution in [2.75, 3.05) is 11.5 Å². The van der Waals surface area contributed by atoms with Gasteiger partial charge in [0.2, 0.25) is 0 Å². The summed E-state index contributed by atoms with van der Waals surface area (Å²) in [7, 11) is -1.02. The second-order valence-electron chi connectivity index (χ2n) is 7.94. The predicted molar refractivity (Wildman–Crippen MR) is 118 cm³/mol. The predicted octanol–water partition coefficient (Wildman–Crippen LogP) is 2.92. The summed E-state index contributed by atoms with van der Waals surface area (Å²) in [6.07, 6.45) is 1.27. The Morgan fingerprint density at radius 1 is 1.29 bits per heavy atom. The highest BCUT2D eigenvalue weighted by atomic mass is 32.2. The Labute approximate surface area is 183 Å². The molecule has 1 aliphatic heterocycles. The molecule has 1 saturated heterocycles. The minimum Gasteiger partial charge on any atom is -0.309 e. The number of para-hydroxylation sites is 2. The fourth-order valence-electron chi connectivity index (χ4n) is 4.12. The Hall–Kier alpha value is -2.90. The smallest absolute Gasteiger partial charge is 0.197 e. The minimum absolute atomic E-state index is 0.0900. The summed E-state index contributed by atoms with van der Waals surface area (Å²) in [4.78, 5) is 4.69. The van der Waals surface area contributed by atoms with E-state index in [9.17, 15) is 13.7 Å². The van der Waals surface area contributed by atoms with Gasteiger partial charge >= 0.3 is 0 Å². The average molecular weight is 453 g/mol. The van der Waals surface area contributed by atoms with Gasteiger partial charge in [0.15, 0.2) is 20.6 Å². The highest BCUT2D eigenvalue weighted by Crippen LogP contribution is 2.33. The summed E-state index contributed by atoms with van der Waals surface area (Å²) in [5.41, 5.74) is 3.79. The lowest BCUT2D eigenvalue weighted by atomic mass is 10.1. The molecule has 4 aromatic rings. The standard InChI is InChI=1S/C21H20N6O2S2/c1-13-9-19(27-17-6-4-3-5-16(17)23-20(27)15(13)11-22)30-21-25-24-18(26(21)2)10-14-7-8-31(28,29)12-14/h3-6,9,14H,7-8,10,12H2,1-2H3. The molecule has 8 nitrogen and oxygen atoms in total. The normalized spacial score (nSPS) is 18.0. The van der Waals surface area contributed by atoms with Crippen LogP contribution in [-0.4, -0.2) is 44.1 Å². The number of imidazole rings is 1. The molecule has 4 heterocycles. The number of pyridine rings is 1. The fourth-order valence-corrected chi connectivity index (χ4v) is 7.01. The van der Waals surface area contributed by atoms with E-state index in [4.69, 9.17) is 0 Å². The summed E-state index contributed by atoms with van der Waals surface area (Å²) >= 11 is 1.46. The number of nitriles is 1. The lowest BCUT2D eigenvalue weighted by Crippen LogP contribution is -2.11. The van der Waals surface area contributed by atoms with E-state index in [1.807, 2.05) is 53.3 Å². The SMILES string of the molecule is Cc1cc(Sc2nnc(CC3CCS(=O)(=O)C3)n2C)n2c(nc3ccccc32)c1C#N. The summed E-state index contributed by atoms with van der Waals surface area (Å²) in [5, 5.41) is 20.0. The van der Waals surface area contributed by atoms with Gasteiger partial charge in [0.05, 0.1) is 33.1 Å². The van der Waals surface area contributed by atoms with E-state index in [-0.39, 0.29) is 17.4 Å². The molecule has 0 spiro atoms. The van der Waals surface area contributed by atoms with Gasteiger partial charge in [-0.25, -0.2) is 13.4 Å². The first-order valence-corrected chi connectivity index (χ1v) is 12.6. The largest absolute Gasteiger partial charge is 0.309 e. The Balaban J connectivity index is 1.54. The van der Waals surface area contributed by atoms with E-state index in [1.54, 1.807) is 0 Å². The van der Waals surface area contributed by atoms with Crippen molar-refractivity contribution >= 4 is 38.3 Å². The zero-order valence-electron chi connectivity index (χ0n) is 17.1. The van der Waals surface area contributed by atoms with E-state index < -0.39 is 9.84 Å². The first kappa shape index (κ1) is 20.0. The van der Waals surface area contributed by atoms with Crippen molar-refractivity contribution in [2.45, 2.75) is 29.9 Å². The molecule has 1 fully saturated rings. The quantitative estimate of drug-likeness (QED) is 0.469. The fraction of sp³-hybridized carbons (Fsp3) is 0.333. The van der Waals surface area contributed by atoms with E-state index in [0.29, 0.717) is 29.2 Å². The maximum absolute atomic E-state index is 11.8. The van der Waals surface area contributed by atoms with E-state index in [2.05, 4.69) is 21.3 Å². The molecule has 158 valence electrons. The number of hydrogen-bond acceptors (Lipinski definition) is 7. The highest BCUT2D eigenvalue weighted by molar-refractivity contribution is 7.99. The Kier molecular flexibility index (Phi) is 4.75. The van der Waals surface area contributed by atoms with Gasteiger partial charge in [-0.15, -0.1) is 10.2 Å². The van der Waals surface area contributed by atoms with Gasteiger partial charge in [-0.05, 0) is 54.8 Å².